The van der Waals surface area contributed by atoms with E-state index in [1.54, 1.807) is 53.4 Å². The van der Waals surface area contributed by atoms with Gasteiger partial charge < -0.3 is 16.0 Å². The van der Waals surface area contributed by atoms with E-state index in [9.17, 15) is 14.4 Å². The fraction of sp³-hybridized carbons (Fsp3) is 0.192. The Morgan fingerprint density at radius 3 is 2.09 bits per heavy atom. The minimum Gasteiger partial charge on any atom is -0.325 e. The standard InChI is InChI=1S/C26H27ClN4O3/c1-3-31(17-25(33)30-23-15-19(27)14-13-18(23)2)16-24(32)29-22-12-8-7-11-21(22)26(34)28-20-9-5-4-6-10-20/h4-15H,3,16-17H2,1-2H3,(H,28,34)(H,29,32)(H,30,33). The van der Waals surface area contributed by atoms with Gasteiger partial charge in [0.2, 0.25) is 11.8 Å². The van der Waals surface area contributed by atoms with Crippen molar-refractivity contribution < 1.29 is 14.4 Å². The van der Waals surface area contributed by atoms with Crippen LogP contribution >= 0.6 is 11.6 Å². The molecule has 34 heavy (non-hydrogen) atoms. The van der Waals surface area contributed by atoms with Crippen LogP contribution in [0.25, 0.3) is 0 Å². The van der Waals surface area contributed by atoms with Crippen LogP contribution in [0.15, 0.2) is 72.8 Å². The summed E-state index contributed by atoms with van der Waals surface area (Å²) >= 11 is 6.02. The molecule has 0 saturated carbocycles. The Bertz CT molecular complexity index is 1170. The molecule has 176 valence electrons. The molecule has 0 aliphatic carbocycles. The number of amides is 3. The van der Waals surface area contributed by atoms with Crippen molar-refractivity contribution in [3.8, 4) is 0 Å². The van der Waals surface area contributed by atoms with E-state index in [1.807, 2.05) is 38.1 Å². The quantitative estimate of drug-likeness (QED) is 0.412. The highest BCUT2D eigenvalue weighted by Gasteiger charge is 2.17. The van der Waals surface area contributed by atoms with Gasteiger partial charge in [0, 0.05) is 16.4 Å². The largest absolute Gasteiger partial charge is 0.325 e. The van der Waals surface area contributed by atoms with Gasteiger partial charge in [-0.3, -0.25) is 19.3 Å². The van der Waals surface area contributed by atoms with Crippen LogP contribution in [0.5, 0.6) is 0 Å². The lowest BCUT2D eigenvalue weighted by Crippen LogP contribution is -2.39. The summed E-state index contributed by atoms with van der Waals surface area (Å²) in [5.41, 5.74) is 2.93. The summed E-state index contributed by atoms with van der Waals surface area (Å²) in [4.78, 5) is 39.7. The molecule has 0 unspecified atom stereocenters. The summed E-state index contributed by atoms with van der Waals surface area (Å²) in [6.45, 7) is 4.26. The molecule has 7 nitrogen and oxygen atoms in total. The monoisotopic (exact) mass is 478 g/mol. The number of anilines is 3. The van der Waals surface area contributed by atoms with Gasteiger partial charge >= 0.3 is 0 Å². The number of carbonyl (C=O) groups excluding carboxylic acids is 3. The van der Waals surface area contributed by atoms with E-state index < -0.39 is 0 Å². The topological polar surface area (TPSA) is 90.5 Å². The van der Waals surface area contributed by atoms with Gasteiger partial charge in [0.15, 0.2) is 0 Å². The highest BCUT2D eigenvalue weighted by Crippen LogP contribution is 2.20. The maximum atomic E-state index is 12.7. The smallest absolute Gasteiger partial charge is 0.257 e. The lowest BCUT2D eigenvalue weighted by Gasteiger charge is -2.20. The van der Waals surface area contributed by atoms with E-state index in [0.717, 1.165) is 5.56 Å². The first-order valence-electron chi connectivity index (χ1n) is 10.9. The number of rotatable bonds is 9. The van der Waals surface area contributed by atoms with Gasteiger partial charge in [-0.2, -0.15) is 0 Å². The molecule has 3 N–H and O–H groups in total. The van der Waals surface area contributed by atoms with Crippen LogP contribution in [-0.4, -0.2) is 42.3 Å². The summed E-state index contributed by atoms with van der Waals surface area (Å²) in [5.74, 6) is -0.901. The van der Waals surface area contributed by atoms with Crippen molar-refractivity contribution in [2.24, 2.45) is 0 Å². The van der Waals surface area contributed by atoms with Crippen LogP contribution in [-0.2, 0) is 9.59 Å². The second-order valence-electron chi connectivity index (χ2n) is 7.72. The molecular formula is C26H27ClN4O3. The van der Waals surface area contributed by atoms with Gasteiger partial charge in [-0.1, -0.05) is 54.9 Å². The predicted molar refractivity (Wildman–Crippen MR) is 136 cm³/mol. The van der Waals surface area contributed by atoms with Crippen LogP contribution < -0.4 is 16.0 Å². The SMILES string of the molecule is CCN(CC(=O)Nc1cc(Cl)ccc1C)CC(=O)Nc1ccccc1C(=O)Nc1ccccc1. The average Bonchev–Trinajstić information content (AvgIpc) is 2.82. The van der Waals surface area contributed by atoms with Crippen LogP contribution in [0.3, 0.4) is 0 Å². The molecule has 0 spiro atoms. The lowest BCUT2D eigenvalue weighted by molar-refractivity contribution is -0.119. The van der Waals surface area contributed by atoms with Crippen LogP contribution in [0.2, 0.25) is 5.02 Å². The number of aryl methyl sites for hydroxylation is 1. The number of nitrogens with one attached hydrogen (secondary N) is 3. The summed E-state index contributed by atoms with van der Waals surface area (Å²) in [7, 11) is 0. The minimum atomic E-state index is -0.328. The second-order valence-corrected chi connectivity index (χ2v) is 8.16. The zero-order valence-corrected chi connectivity index (χ0v) is 19.9. The first kappa shape index (κ1) is 25.0. The Morgan fingerprint density at radius 1 is 0.794 bits per heavy atom. The number of hydrogen-bond donors (Lipinski definition) is 3. The first-order valence-corrected chi connectivity index (χ1v) is 11.3. The van der Waals surface area contributed by atoms with Crippen LogP contribution in [0, 0.1) is 6.92 Å². The molecule has 0 aliphatic rings. The maximum absolute atomic E-state index is 12.7. The molecule has 3 rings (SSSR count). The fourth-order valence-corrected chi connectivity index (χ4v) is 3.48. The summed E-state index contributed by atoms with van der Waals surface area (Å²) in [6.07, 6.45) is 0. The highest BCUT2D eigenvalue weighted by atomic mass is 35.5. The van der Waals surface area contributed by atoms with Crippen molar-refractivity contribution in [2.75, 3.05) is 35.6 Å². The fourth-order valence-electron chi connectivity index (χ4n) is 3.30. The lowest BCUT2D eigenvalue weighted by atomic mass is 10.1. The molecule has 3 aromatic carbocycles. The van der Waals surface area contributed by atoms with Crippen molar-refractivity contribution in [1.29, 1.82) is 0 Å². The third-order valence-corrected chi connectivity index (χ3v) is 5.37. The Balaban J connectivity index is 1.60. The molecule has 0 fully saturated rings. The van der Waals surface area contributed by atoms with Gasteiger partial charge in [0.1, 0.15) is 0 Å². The third-order valence-electron chi connectivity index (χ3n) is 5.13. The molecule has 3 amide bonds. The van der Waals surface area contributed by atoms with Crippen molar-refractivity contribution in [3.63, 3.8) is 0 Å². The summed E-state index contributed by atoms with van der Waals surface area (Å²) in [5, 5.41) is 8.98. The molecule has 0 heterocycles. The summed E-state index contributed by atoms with van der Waals surface area (Å²) in [6, 6.07) is 21.1. The zero-order chi connectivity index (χ0) is 24.5. The average molecular weight is 479 g/mol. The Hall–Kier alpha value is -3.68. The number of hydrogen-bond acceptors (Lipinski definition) is 4. The van der Waals surface area contributed by atoms with Gasteiger partial charge in [-0.15, -0.1) is 0 Å². The number of nitrogens with zero attached hydrogens (tertiary/aromatic N) is 1. The minimum absolute atomic E-state index is 0.00686. The number of benzene rings is 3. The third kappa shape index (κ3) is 7.16. The molecule has 0 bridgehead atoms. The Labute approximate surface area is 204 Å². The first-order chi connectivity index (χ1) is 16.4. The van der Waals surface area contributed by atoms with Gasteiger partial charge in [0.05, 0.1) is 24.3 Å². The van der Waals surface area contributed by atoms with E-state index in [4.69, 9.17) is 11.6 Å². The van der Waals surface area contributed by atoms with E-state index in [1.165, 1.54) is 0 Å². The molecule has 0 atom stereocenters. The van der Waals surface area contributed by atoms with Crippen molar-refractivity contribution in [1.82, 2.24) is 4.90 Å². The van der Waals surface area contributed by atoms with Crippen LogP contribution in [0.4, 0.5) is 17.1 Å². The van der Waals surface area contributed by atoms with E-state index in [2.05, 4.69) is 16.0 Å². The molecule has 0 aromatic heterocycles. The number of halogens is 1. The van der Waals surface area contributed by atoms with Gasteiger partial charge in [0.25, 0.3) is 5.91 Å². The molecule has 0 aliphatic heterocycles. The van der Waals surface area contributed by atoms with E-state index in [0.29, 0.717) is 34.2 Å². The van der Waals surface area contributed by atoms with E-state index in [-0.39, 0.29) is 30.8 Å². The van der Waals surface area contributed by atoms with Crippen molar-refractivity contribution >= 4 is 46.4 Å². The van der Waals surface area contributed by atoms with Crippen molar-refractivity contribution in [3.05, 3.63) is 88.9 Å². The zero-order valence-electron chi connectivity index (χ0n) is 19.1. The van der Waals surface area contributed by atoms with Gasteiger partial charge in [-0.05, 0) is 55.4 Å². The molecule has 3 aromatic rings. The number of likely N-dealkylation sites (N-methyl/N-ethyl adjacent to an activating group) is 1. The normalized spacial score (nSPS) is 10.6. The van der Waals surface area contributed by atoms with Gasteiger partial charge in [-0.25, -0.2) is 0 Å². The Kier molecular flexibility index (Phi) is 8.79. The second kappa shape index (κ2) is 12.0. The highest BCUT2D eigenvalue weighted by molar-refractivity contribution is 6.31. The number of carbonyl (C=O) groups is 3. The number of para-hydroxylation sites is 2. The molecule has 0 radical (unpaired) electrons. The molecule has 8 heteroatoms. The Morgan fingerprint density at radius 2 is 1.41 bits per heavy atom. The molecule has 0 saturated heterocycles. The maximum Gasteiger partial charge on any atom is 0.257 e. The van der Waals surface area contributed by atoms with Crippen LogP contribution in [0.1, 0.15) is 22.8 Å². The van der Waals surface area contributed by atoms with E-state index >= 15 is 0 Å². The molecular weight excluding hydrogens is 452 g/mol. The predicted octanol–water partition coefficient (Wildman–Crippen LogP) is 4.80. The summed E-state index contributed by atoms with van der Waals surface area (Å²) < 4.78 is 0. The van der Waals surface area contributed by atoms with Crippen molar-refractivity contribution in [2.45, 2.75) is 13.8 Å².